The SMILES string of the molecule is C(=Nc1ccc2ccccc2c1-c1c(N=Cc2ccccc2)ccc2ccccc12)c1ccccc1.[Cl][Co][Cl]. The van der Waals surface area contributed by atoms with Crippen molar-refractivity contribution in [2.45, 2.75) is 0 Å². The average Bonchev–Trinajstić information content (AvgIpc) is 3.00. The molecule has 5 heteroatoms. The number of hydrogen-bond donors (Lipinski definition) is 0. The summed E-state index contributed by atoms with van der Waals surface area (Å²) in [6, 6.07) is 46.0. The summed E-state index contributed by atoms with van der Waals surface area (Å²) in [5.74, 6) is 0. The van der Waals surface area contributed by atoms with Crippen molar-refractivity contribution < 1.29 is 12.9 Å². The van der Waals surface area contributed by atoms with Crippen molar-refractivity contribution in [1.82, 2.24) is 0 Å². The van der Waals surface area contributed by atoms with Gasteiger partial charge in [0.05, 0.1) is 11.4 Å². The van der Waals surface area contributed by atoms with Gasteiger partial charge in [0.25, 0.3) is 0 Å². The van der Waals surface area contributed by atoms with Gasteiger partial charge in [0.2, 0.25) is 0 Å². The Morgan fingerprint density at radius 2 is 0.795 bits per heavy atom. The molecule has 0 N–H and O–H groups in total. The number of halogens is 2. The molecule has 6 aromatic carbocycles. The van der Waals surface area contributed by atoms with Crippen molar-refractivity contribution >= 4 is 65.6 Å². The number of hydrogen-bond acceptors (Lipinski definition) is 2. The molecule has 0 heterocycles. The maximum absolute atomic E-state index is 4.99. The normalized spacial score (nSPS) is 11.3. The van der Waals surface area contributed by atoms with Gasteiger partial charge in [0, 0.05) is 23.6 Å². The van der Waals surface area contributed by atoms with Crippen molar-refractivity contribution in [3.63, 3.8) is 0 Å². The summed E-state index contributed by atoms with van der Waals surface area (Å²) >= 11 is 0.382. The molecule has 0 aliphatic heterocycles. The minimum absolute atomic E-state index is 0.382. The van der Waals surface area contributed by atoms with Crippen LogP contribution in [-0.4, -0.2) is 12.4 Å². The van der Waals surface area contributed by atoms with Gasteiger partial charge < -0.3 is 0 Å². The Bertz CT molecular complexity index is 1620. The van der Waals surface area contributed by atoms with Gasteiger partial charge in [0.15, 0.2) is 0 Å². The fraction of sp³-hybridized carbons (Fsp3) is 0. The molecule has 6 aromatic rings. The predicted octanol–water partition coefficient (Wildman–Crippen LogP) is 10.5. The molecule has 0 saturated heterocycles. The second-order valence-corrected chi connectivity index (χ2v) is 10.5. The molecule has 0 amide bonds. The van der Waals surface area contributed by atoms with Gasteiger partial charge in [-0.1, -0.05) is 121 Å². The monoisotopic (exact) mass is 589 g/mol. The Balaban J connectivity index is 0.000000983. The first-order chi connectivity index (χ1) is 19.3. The summed E-state index contributed by atoms with van der Waals surface area (Å²) in [5, 5.41) is 4.68. The van der Waals surface area contributed by atoms with E-state index in [1.807, 2.05) is 48.8 Å². The van der Waals surface area contributed by atoms with Gasteiger partial charge in [-0.3, -0.25) is 9.98 Å². The topological polar surface area (TPSA) is 24.7 Å². The van der Waals surface area contributed by atoms with Gasteiger partial charge in [-0.2, -0.15) is 0 Å². The Kier molecular flexibility index (Phi) is 9.20. The number of rotatable bonds is 5. The summed E-state index contributed by atoms with van der Waals surface area (Å²) in [7, 11) is 9.47. The van der Waals surface area contributed by atoms with Crippen molar-refractivity contribution in [3.8, 4) is 11.1 Å². The van der Waals surface area contributed by atoms with E-state index in [0.29, 0.717) is 12.9 Å². The van der Waals surface area contributed by atoms with Crippen LogP contribution in [0.1, 0.15) is 11.1 Å². The molecule has 0 aliphatic carbocycles. The van der Waals surface area contributed by atoms with Crippen LogP contribution in [0.3, 0.4) is 0 Å². The van der Waals surface area contributed by atoms with E-state index in [1.165, 1.54) is 10.8 Å². The molecule has 6 rings (SSSR count). The average molecular weight is 590 g/mol. The van der Waals surface area contributed by atoms with E-state index in [-0.39, 0.29) is 0 Å². The molecule has 0 aromatic heterocycles. The van der Waals surface area contributed by atoms with E-state index in [2.05, 4.69) is 97.1 Å². The molecular formula is C34H24Cl2CoN2. The molecule has 0 unspecified atom stereocenters. The summed E-state index contributed by atoms with van der Waals surface area (Å²) < 4.78 is 0. The third kappa shape index (κ3) is 6.47. The molecule has 0 aliphatic rings. The van der Waals surface area contributed by atoms with Crippen molar-refractivity contribution in [1.29, 1.82) is 0 Å². The summed E-state index contributed by atoms with van der Waals surface area (Å²) in [4.78, 5) is 9.98. The molecule has 193 valence electrons. The Morgan fingerprint density at radius 1 is 0.436 bits per heavy atom. The molecule has 2 nitrogen and oxygen atoms in total. The molecule has 0 spiro atoms. The molecule has 0 saturated carbocycles. The van der Waals surface area contributed by atoms with Crippen LogP contribution in [0.25, 0.3) is 32.7 Å². The molecule has 0 bridgehead atoms. The fourth-order valence-corrected chi connectivity index (χ4v) is 4.63. The number of nitrogens with zero attached hydrogens (tertiary/aromatic N) is 2. The summed E-state index contributed by atoms with van der Waals surface area (Å²) in [6.07, 6.45) is 3.87. The number of benzene rings is 6. The van der Waals surface area contributed by atoms with Crippen LogP contribution in [-0.2, 0) is 12.9 Å². The van der Waals surface area contributed by atoms with Crippen LogP contribution in [0.2, 0.25) is 0 Å². The van der Waals surface area contributed by atoms with Crippen LogP contribution in [0.15, 0.2) is 143 Å². The zero-order chi connectivity index (χ0) is 26.9. The van der Waals surface area contributed by atoms with Crippen LogP contribution in [0.5, 0.6) is 0 Å². The molecule has 0 fully saturated rings. The van der Waals surface area contributed by atoms with Crippen LogP contribution < -0.4 is 0 Å². The maximum atomic E-state index is 4.99. The minimum atomic E-state index is 0.382. The second-order valence-electron chi connectivity index (χ2n) is 8.75. The van der Waals surface area contributed by atoms with Gasteiger partial charge in [-0.25, -0.2) is 0 Å². The molecule has 0 atom stereocenters. The molecular weight excluding hydrogens is 566 g/mol. The van der Waals surface area contributed by atoms with Crippen LogP contribution in [0.4, 0.5) is 11.4 Å². The quantitative estimate of drug-likeness (QED) is 0.179. The van der Waals surface area contributed by atoms with Crippen LogP contribution >= 0.6 is 20.3 Å². The molecule has 39 heavy (non-hydrogen) atoms. The predicted molar refractivity (Wildman–Crippen MR) is 166 cm³/mol. The third-order valence-corrected chi connectivity index (χ3v) is 6.37. The Hall–Kier alpha value is -3.73. The Labute approximate surface area is 243 Å². The first-order valence-electron chi connectivity index (χ1n) is 12.3. The fourth-order valence-electron chi connectivity index (χ4n) is 4.63. The summed E-state index contributed by atoms with van der Waals surface area (Å²) in [5.41, 5.74) is 6.17. The van der Waals surface area contributed by atoms with Crippen molar-refractivity contribution in [2.24, 2.45) is 9.98 Å². The van der Waals surface area contributed by atoms with Crippen LogP contribution in [0, 0.1) is 0 Å². The van der Waals surface area contributed by atoms with Crippen molar-refractivity contribution in [3.05, 3.63) is 145 Å². The Morgan fingerprint density at radius 3 is 1.21 bits per heavy atom. The van der Waals surface area contributed by atoms with Gasteiger partial charge in [0.1, 0.15) is 0 Å². The van der Waals surface area contributed by atoms with Crippen molar-refractivity contribution in [2.75, 3.05) is 0 Å². The van der Waals surface area contributed by atoms with E-state index in [0.717, 1.165) is 44.4 Å². The standard InChI is InChI=1S/C34H24N2.2ClH.Co/c1-3-11-25(12-4-1)23-35-31-21-19-27-15-7-9-17-29(27)33(31)34-30-18-10-8-16-28(30)20-22-32(34)36-24-26-13-5-2-6-14-26;;;/h1-24H;2*1H;/q;;;+2/p-2. The number of fused-ring (bicyclic) bond motifs is 2. The number of aliphatic imine (C=N–C) groups is 2. The molecule has 0 radical (unpaired) electrons. The van der Waals surface area contributed by atoms with Gasteiger partial charge in [-0.15, -0.1) is 0 Å². The van der Waals surface area contributed by atoms with E-state index < -0.39 is 0 Å². The zero-order valence-corrected chi connectivity index (χ0v) is 23.4. The van der Waals surface area contributed by atoms with E-state index in [1.54, 1.807) is 0 Å². The van der Waals surface area contributed by atoms with E-state index >= 15 is 0 Å². The van der Waals surface area contributed by atoms with E-state index in [4.69, 9.17) is 30.3 Å². The van der Waals surface area contributed by atoms with E-state index in [9.17, 15) is 0 Å². The third-order valence-electron chi connectivity index (χ3n) is 6.37. The summed E-state index contributed by atoms with van der Waals surface area (Å²) in [6.45, 7) is 0. The first-order valence-corrected chi connectivity index (χ1v) is 15.2. The zero-order valence-electron chi connectivity index (χ0n) is 20.8. The second kappa shape index (κ2) is 13.4. The first kappa shape index (κ1) is 26.9. The van der Waals surface area contributed by atoms with Gasteiger partial charge >= 0.3 is 33.2 Å². The van der Waals surface area contributed by atoms with Gasteiger partial charge in [-0.05, 0) is 44.8 Å².